The number of carbonyl (C=O) groups excluding carboxylic acids is 1. The predicted octanol–water partition coefficient (Wildman–Crippen LogP) is 3.95. The van der Waals surface area contributed by atoms with E-state index in [0.29, 0.717) is 46.6 Å². The molecule has 2 aliphatic rings. The Bertz CT molecular complexity index is 1310. The third-order valence-electron chi connectivity index (χ3n) is 6.44. The Morgan fingerprint density at radius 2 is 1.89 bits per heavy atom. The van der Waals surface area contributed by atoms with Gasteiger partial charge < -0.3 is 35.1 Å². The monoisotopic (exact) mass is 505 g/mol. The van der Waals surface area contributed by atoms with Crippen molar-refractivity contribution in [2.24, 2.45) is 0 Å². The average Bonchev–Trinajstić information content (AvgIpc) is 2.82. The first-order chi connectivity index (χ1) is 17.7. The van der Waals surface area contributed by atoms with E-state index in [2.05, 4.69) is 49.9 Å². The summed E-state index contributed by atoms with van der Waals surface area (Å²) in [4.78, 5) is 27.4. The van der Waals surface area contributed by atoms with Crippen LogP contribution in [0.5, 0.6) is 17.2 Å². The van der Waals surface area contributed by atoms with Crippen LogP contribution in [0.1, 0.15) is 26.7 Å². The van der Waals surface area contributed by atoms with Crippen LogP contribution in [0.3, 0.4) is 0 Å². The van der Waals surface area contributed by atoms with Crippen LogP contribution in [0.25, 0.3) is 0 Å². The third kappa shape index (κ3) is 5.36. The van der Waals surface area contributed by atoms with Gasteiger partial charge in [0.25, 0.3) is 5.91 Å². The zero-order chi connectivity index (χ0) is 26.2. The molecule has 1 aliphatic heterocycles. The van der Waals surface area contributed by atoms with Crippen LogP contribution in [0, 0.1) is 0 Å². The average molecular weight is 506 g/mol. The van der Waals surface area contributed by atoms with Crippen LogP contribution >= 0.6 is 0 Å². The number of carbonyl (C=O) groups is 1. The number of rotatable bonds is 8. The fraction of sp³-hybridized carbons (Fsp3) is 0.385. The summed E-state index contributed by atoms with van der Waals surface area (Å²) in [5.41, 5.74) is 0.446. The Hall–Kier alpha value is -4.12. The molecule has 2 aromatic heterocycles. The summed E-state index contributed by atoms with van der Waals surface area (Å²) in [6.45, 7) is 3.41. The van der Waals surface area contributed by atoms with Gasteiger partial charge in [-0.05, 0) is 59.0 Å². The number of benzene rings is 1. The Morgan fingerprint density at radius 1 is 1.08 bits per heavy atom. The number of pyridine rings is 1. The first-order valence-corrected chi connectivity index (χ1v) is 12.1. The quantitative estimate of drug-likeness (QED) is 0.415. The molecule has 3 N–H and O–H groups in total. The largest absolute Gasteiger partial charge is 0.493 e. The van der Waals surface area contributed by atoms with Gasteiger partial charge in [0, 0.05) is 30.1 Å². The number of ether oxygens (including phenoxy) is 3. The Balaban J connectivity index is 1.25. The summed E-state index contributed by atoms with van der Waals surface area (Å²) >= 11 is 0. The van der Waals surface area contributed by atoms with Crippen molar-refractivity contribution in [3.8, 4) is 17.2 Å². The zero-order valence-electron chi connectivity index (χ0n) is 21.5. The lowest BCUT2D eigenvalue weighted by Gasteiger charge is -2.39. The van der Waals surface area contributed by atoms with E-state index in [9.17, 15) is 4.79 Å². The molecule has 37 heavy (non-hydrogen) atoms. The van der Waals surface area contributed by atoms with Crippen LogP contribution < -0.4 is 30.2 Å². The van der Waals surface area contributed by atoms with E-state index in [1.54, 1.807) is 45.5 Å². The van der Waals surface area contributed by atoms with Gasteiger partial charge in [0.2, 0.25) is 5.95 Å². The first-order valence-electron chi connectivity index (χ1n) is 12.1. The second-order valence-electron chi connectivity index (χ2n) is 9.85. The van der Waals surface area contributed by atoms with E-state index >= 15 is 0 Å². The fourth-order valence-electron chi connectivity index (χ4n) is 4.11. The zero-order valence-corrected chi connectivity index (χ0v) is 21.5. The molecule has 5 rings (SSSR count). The molecule has 11 nitrogen and oxygen atoms in total. The number of methoxy groups -OCH3 is 1. The number of nitrogens with one attached hydrogen (secondary N) is 3. The molecular weight excluding hydrogens is 474 g/mol. The second-order valence-corrected chi connectivity index (χ2v) is 9.85. The van der Waals surface area contributed by atoms with Gasteiger partial charge in [-0.3, -0.25) is 4.79 Å². The third-order valence-corrected chi connectivity index (χ3v) is 6.44. The molecule has 1 aliphatic carbocycles. The molecular formula is C26H31N7O4. The Kier molecular flexibility index (Phi) is 6.46. The van der Waals surface area contributed by atoms with Gasteiger partial charge in [0.1, 0.15) is 11.9 Å². The maximum atomic E-state index is 12.1. The lowest BCUT2D eigenvalue weighted by molar-refractivity contribution is -0.129. The molecule has 11 heteroatoms. The lowest BCUT2D eigenvalue weighted by Crippen LogP contribution is -2.46. The van der Waals surface area contributed by atoms with Crippen molar-refractivity contribution < 1.29 is 19.0 Å². The van der Waals surface area contributed by atoms with E-state index in [1.807, 2.05) is 18.2 Å². The second kappa shape index (κ2) is 9.74. The summed E-state index contributed by atoms with van der Waals surface area (Å²) < 4.78 is 17.5. The highest BCUT2D eigenvalue weighted by Gasteiger charge is 2.36. The standard InChI is InChI=1S/C26H31N7O4/c1-26(2)24(34)32-23-21(37-26)11-16(14-28-23)29-22-8-9-27-25(31-22)30-15-6-7-19(20(10-15)35-5)36-18-12-17(13-18)33(3)4/h6-11,14,17-18H,12-13H2,1-5H3,(H,28,32,34)(H2,27,29,30,31). The topological polar surface area (TPSA) is 123 Å². The van der Waals surface area contributed by atoms with Crippen LogP contribution in [-0.2, 0) is 4.79 Å². The van der Waals surface area contributed by atoms with E-state index < -0.39 is 5.60 Å². The normalized spacial score (nSPS) is 19.7. The summed E-state index contributed by atoms with van der Waals surface area (Å²) in [6, 6.07) is 9.74. The lowest BCUT2D eigenvalue weighted by atomic mass is 9.88. The molecule has 1 fully saturated rings. The number of aromatic nitrogens is 3. The maximum absolute atomic E-state index is 12.1. The number of hydrogen-bond donors (Lipinski definition) is 3. The van der Waals surface area contributed by atoms with Crippen molar-refractivity contribution in [2.75, 3.05) is 37.2 Å². The molecule has 1 amide bonds. The van der Waals surface area contributed by atoms with Gasteiger partial charge in [-0.25, -0.2) is 9.97 Å². The molecule has 1 aromatic carbocycles. The minimum Gasteiger partial charge on any atom is -0.493 e. The molecule has 3 aromatic rings. The van der Waals surface area contributed by atoms with Crippen molar-refractivity contribution >= 4 is 34.9 Å². The first kappa shape index (κ1) is 24.6. The molecule has 0 saturated heterocycles. The fourth-order valence-corrected chi connectivity index (χ4v) is 4.11. The summed E-state index contributed by atoms with van der Waals surface area (Å²) in [6.07, 6.45) is 5.44. The van der Waals surface area contributed by atoms with Crippen molar-refractivity contribution in [1.82, 2.24) is 19.9 Å². The number of fused-ring (bicyclic) bond motifs is 1. The minimum absolute atomic E-state index is 0.192. The van der Waals surface area contributed by atoms with E-state index in [4.69, 9.17) is 14.2 Å². The molecule has 0 atom stereocenters. The van der Waals surface area contributed by atoms with Gasteiger partial charge in [0.15, 0.2) is 28.7 Å². The summed E-state index contributed by atoms with van der Waals surface area (Å²) in [5.74, 6) is 2.95. The summed E-state index contributed by atoms with van der Waals surface area (Å²) in [7, 11) is 5.81. The predicted molar refractivity (Wildman–Crippen MR) is 140 cm³/mol. The van der Waals surface area contributed by atoms with Gasteiger partial charge in [0.05, 0.1) is 19.0 Å². The van der Waals surface area contributed by atoms with Crippen LogP contribution in [-0.4, -0.2) is 64.7 Å². The highest BCUT2D eigenvalue weighted by molar-refractivity contribution is 5.99. The molecule has 0 radical (unpaired) electrons. The smallest absolute Gasteiger partial charge is 0.269 e. The van der Waals surface area contributed by atoms with Gasteiger partial charge in [-0.2, -0.15) is 4.98 Å². The number of anilines is 5. The molecule has 0 spiro atoms. The van der Waals surface area contributed by atoms with E-state index in [-0.39, 0.29) is 12.0 Å². The minimum atomic E-state index is -0.979. The van der Waals surface area contributed by atoms with Crippen LogP contribution in [0.15, 0.2) is 42.7 Å². The highest BCUT2D eigenvalue weighted by atomic mass is 16.5. The number of nitrogens with zero attached hydrogens (tertiary/aromatic N) is 4. The molecule has 194 valence electrons. The van der Waals surface area contributed by atoms with Crippen LogP contribution in [0.4, 0.5) is 29.0 Å². The Morgan fingerprint density at radius 3 is 2.65 bits per heavy atom. The highest BCUT2D eigenvalue weighted by Crippen LogP contribution is 2.36. The molecule has 3 heterocycles. The molecule has 1 saturated carbocycles. The van der Waals surface area contributed by atoms with E-state index in [0.717, 1.165) is 18.5 Å². The Labute approximate surface area is 215 Å². The van der Waals surface area contributed by atoms with Gasteiger partial charge in [-0.1, -0.05) is 0 Å². The van der Waals surface area contributed by atoms with Crippen molar-refractivity contribution in [3.05, 3.63) is 42.7 Å². The molecule has 0 bridgehead atoms. The SMILES string of the molecule is COc1cc(Nc2nccc(Nc3cnc4c(c3)OC(C)(C)C(=O)N4)n2)ccc1OC1CC(N(C)C)C1. The van der Waals surface area contributed by atoms with Gasteiger partial charge in [-0.15, -0.1) is 0 Å². The van der Waals surface area contributed by atoms with Crippen molar-refractivity contribution in [1.29, 1.82) is 0 Å². The van der Waals surface area contributed by atoms with Crippen molar-refractivity contribution in [2.45, 2.75) is 44.4 Å². The maximum Gasteiger partial charge on any atom is 0.269 e. The van der Waals surface area contributed by atoms with Gasteiger partial charge >= 0.3 is 0 Å². The number of amides is 1. The molecule has 0 unspecified atom stereocenters. The summed E-state index contributed by atoms with van der Waals surface area (Å²) in [5, 5.41) is 9.16. The van der Waals surface area contributed by atoms with Crippen LogP contribution in [0.2, 0.25) is 0 Å². The number of hydrogen-bond acceptors (Lipinski definition) is 10. The van der Waals surface area contributed by atoms with Crippen molar-refractivity contribution in [3.63, 3.8) is 0 Å². The van der Waals surface area contributed by atoms with E-state index in [1.165, 1.54) is 0 Å².